The number of halogens is 1. The van der Waals surface area contributed by atoms with Crippen molar-refractivity contribution in [1.82, 2.24) is 0 Å². The minimum atomic E-state index is 0.153. The van der Waals surface area contributed by atoms with Gasteiger partial charge in [-0.2, -0.15) is 0 Å². The molecule has 0 aliphatic heterocycles. The molecule has 22 heavy (non-hydrogen) atoms. The second-order valence-corrected chi connectivity index (χ2v) is 6.50. The molecule has 0 saturated carbocycles. The highest BCUT2D eigenvalue weighted by Gasteiger charge is 2.19. The quantitative estimate of drug-likeness (QED) is 0.595. The average Bonchev–Trinajstić information content (AvgIpc) is 2.49. The van der Waals surface area contributed by atoms with E-state index in [0.717, 1.165) is 27.5 Å². The highest BCUT2D eigenvalue weighted by atomic mass is 79.9. The first-order valence-corrected chi connectivity index (χ1v) is 7.91. The second kappa shape index (κ2) is 5.33. The summed E-state index contributed by atoms with van der Waals surface area (Å²) in [6.45, 7) is 5.99. The lowest BCUT2D eigenvalue weighted by Gasteiger charge is -2.17. The van der Waals surface area contributed by atoms with Crippen LogP contribution in [0.4, 0.5) is 0 Å². The van der Waals surface area contributed by atoms with E-state index in [0.29, 0.717) is 15.6 Å². The Bertz CT molecular complexity index is 898. The summed E-state index contributed by atoms with van der Waals surface area (Å²) in [6.07, 6.45) is 0. The Morgan fingerprint density at radius 1 is 0.864 bits per heavy atom. The van der Waals surface area contributed by atoms with E-state index in [1.165, 1.54) is 0 Å². The molecule has 2 N–H and O–H groups in total. The van der Waals surface area contributed by atoms with Gasteiger partial charge in [-0.3, -0.25) is 0 Å². The largest absolute Gasteiger partial charge is 0.507 e. The highest BCUT2D eigenvalue weighted by molar-refractivity contribution is 9.10. The van der Waals surface area contributed by atoms with Crippen molar-refractivity contribution in [2.75, 3.05) is 0 Å². The van der Waals surface area contributed by atoms with Crippen molar-refractivity contribution in [3.05, 3.63) is 57.6 Å². The number of benzene rings is 3. The average molecular weight is 357 g/mol. The van der Waals surface area contributed by atoms with Gasteiger partial charge in [-0.15, -0.1) is 0 Å². The minimum absolute atomic E-state index is 0.153. The molecule has 0 unspecified atom stereocenters. The zero-order chi connectivity index (χ0) is 16.0. The van der Waals surface area contributed by atoms with Crippen LogP contribution in [0.25, 0.3) is 21.9 Å². The molecule has 0 radical (unpaired) electrons. The van der Waals surface area contributed by atoms with Gasteiger partial charge < -0.3 is 10.2 Å². The zero-order valence-electron chi connectivity index (χ0n) is 12.7. The predicted molar refractivity (Wildman–Crippen MR) is 94.6 cm³/mol. The van der Waals surface area contributed by atoms with Crippen LogP contribution in [0.1, 0.15) is 16.7 Å². The maximum absolute atomic E-state index is 10.6. The van der Waals surface area contributed by atoms with Crippen molar-refractivity contribution in [3.63, 3.8) is 0 Å². The van der Waals surface area contributed by atoms with Gasteiger partial charge in [-0.1, -0.05) is 24.3 Å². The first-order valence-electron chi connectivity index (χ1n) is 7.12. The highest BCUT2D eigenvalue weighted by Crippen LogP contribution is 2.46. The number of phenols is 2. The first-order chi connectivity index (χ1) is 10.4. The lowest BCUT2D eigenvalue weighted by atomic mass is 9.89. The number of phenolic OH excluding ortho intramolecular Hbond substituents is 2. The fourth-order valence-electron chi connectivity index (χ4n) is 2.93. The van der Waals surface area contributed by atoms with Gasteiger partial charge in [0.1, 0.15) is 11.5 Å². The van der Waals surface area contributed by atoms with Crippen molar-refractivity contribution in [3.8, 4) is 22.6 Å². The minimum Gasteiger partial charge on any atom is -0.507 e. The van der Waals surface area contributed by atoms with Crippen molar-refractivity contribution in [2.24, 2.45) is 0 Å². The number of aryl methyl sites for hydroxylation is 1. The second-order valence-electron chi connectivity index (χ2n) is 5.64. The topological polar surface area (TPSA) is 40.5 Å². The lowest BCUT2D eigenvalue weighted by molar-refractivity contribution is 0.467. The molecule has 0 bridgehead atoms. The summed E-state index contributed by atoms with van der Waals surface area (Å²) >= 11 is 3.41. The van der Waals surface area contributed by atoms with Crippen molar-refractivity contribution in [1.29, 1.82) is 0 Å². The third-order valence-corrected chi connectivity index (χ3v) is 4.97. The molecule has 2 nitrogen and oxygen atoms in total. The van der Waals surface area contributed by atoms with E-state index in [1.807, 2.05) is 51.1 Å². The summed E-state index contributed by atoms with van der Waals surface area (Å²) in [6, 6.07) is 11.5. The van der Waals surface area contributed by atoms with E-state index in [-0.39, 0.29) is 11.5 Å². The Hall–Kier alpha value is -2.00. The molecule has 0 spiro atoms. The maximum atomic E-state index is 10.6. The Kier molecular flexibility index (Phi) is 3.61. The Balaban J connectivity index is 2.51. The van der Waals surface area contributed by atoms with Crippen LogP contribution >= 0.6 is 15.9 Å². The summed E-state index contributed by atoms with van der Waals surface area (Å²) in [5, 5.41) is 23.0. The van der Waals surface area contributed by atoms with Gasteiger partial charge in [-0.25, -0.2) is 0 Å². The molecule has 0 amide bonds. The third-order valence-electron chi connectivity index (χ3n) is 4.36. The van der Waals surface area contributed by atoms with E-state index >= 15 is 0 Å². The summed E-state index contributed by atoms with van der Waals surface area (Å²) < 4.78 is 0.623. The van der Waals surface area contributed by atoms with E-state index in [4.69, 9.17) is 0 Å². The molecule has 3 aromatic rings. The van der Waals surface area contributed by atoms with E-state index in [1.54, 1.807) is 6.07 Å². The summed E-state index contributed by atoms with van der Waals surface area (Å²) in [5.74, 6) is 0.347. The summed E-state index contributed by atoms with van der Waals surface area (Å²) in [7, 11) is 0. The summed E-state index contributed by atoms with van der Waals surface area (Å²) in [4.78, 5) is 0. The van der Waals surface area contributed by atoms with Crippen molar-refractivity contribution < 1.29 is 10.2 Å². The van der Waals surface area contributed by atoms with Gasteiger partial charge in [0.2, 0.25) is 0 Å². The molecule has 3 heteroatoms. The maximum Gasteiger partial charge on any atom is 0.138 e. The molecule has 0 aromatic heterocycles. The van der Waals surface area contributed by atoms with Gasteiger partial charge in [-0.05, 0) is 76.3 Å². The van der Waals surface area contributed by atoms with Crippen molar-refractivity contribution in [2.45, 2.75) is 20.8 Å². The normalized spacial score (nSPS) is 11.1. The van der Waals surface area contributed by atoms with Crippen LogP contribution in [0.5, 0.6) is 11.5 Å². The monoisotopic (exact) mass is 356 g/mol. The molecule has 0 saturated heterocycles. The van der Waals surface area contributed by atoms with Crippen molar-refractivity contribution >= 4 is 26.7 Å². The number of hydrogen-bond acceptors (Lipinski definition) is 2. The number of fused-ring (bicyclic) bond motifs is 1. The molecule has 0 atom stereocenters. The number of hydrogen-bond donors (Lipinski definition) is 2. The lowest BCUT2D eigenvalue weighted by Crippen LogP contribution is -1.94. The summed E-state index contributed by atoms with van der Waals surface area (Å²) in [5.41, 5.74) is 4.51. The van der Waals surface area contributed by atoms with Crippen LogP contribution in [0.15, 0.2) is 40.9 Å². The number of aromatic hydroxyl groups is 2. The molecular formula is C19H17BrO2. The molecule has 0 aliphatic rings. The fraction of sp³-hybridized carbons (Fsp3) is 0.158. The Morgan fingerprint density at radius 3 is 2.27 bits per heavy atom. The van der Waals surface area contributed by atoms with E-state index in [2.05, 4.69) is 15.9 Å². The molecule has 112 valence electrons. The third kappa shape index (κ3) is 2.17. The van der Waals surface area contributed by atoms with Crippen LogP contribution in [-0.2, 0) is 0 Å². The van der Waals surface area contributed by atoms with Crippen LogP contribution < -0.4 is 0 Å². The molecule has 3 rings (SSSR count). The molecule has 0 fully saturated rings. The molecule has 0 aliphatic carbocycles. The zero-order valence-corrected chi connectivity index (χ0v) is 14.3. The van der Waals surface area contributed by atoms with Crippen LogP contribution in [0, 0.1) is 20.8 Å². The van der Waals surface area contributed by atoms with Crippen LogP contribution in [0.2, 0.25) is 0 Å². The van der Waals surface area contributed by atoms with Gasteiger partial charge in [0.05, 0.1) is 4.47 Å². The van der Waals surface area contributed by atoms with Crippen LogP contribution in [0.3, 0.4) is 0 Å². The first kappa shape index (κ1) is 14.9. The molecular weight excluding hydrogens is 340 g/mol. The molecule has 3 aromatic carbocycles. The van der Waals surface area contributed by atoms with Crippen LogP contribution in [-0.4, -0.2) is 10.2 Å². The van der Waals surface area contributed by atoms with E-state index in [9.17, 15) is 10.2 Å². The number of rotatable bonds is 1. The predicted octanol–water partition coefficient (Wildman–Crippen LogP) is 5.61. The van der Waals surface area contributed by atoms with Gasteiger partial charge in [0, 0.05) is 11.1 Å². The molecule has 0 heterocycles. The standard InChI is InChI=1S/C19H17BrO2/c1-10-8-16(21)17(12(3)11(10)2)18-14-7-5-4-6-13(14)9-15(20)19(18)22/h4-9,21-22H,1-3H3. The SMILES string of the molecule is Cc1cc(O)c(-c2c(O)c(Br)cc3ccccc23)c(C)c1C. The van der Waals surface area contributed by atoms with E-state index < -0.39 is 0 Å². The fourth-order valence-corrected chi connectivity index (χ4v) is 3.38. The van der Waals surface area contributed by atoms with Gasteiger partial charge in [0.25, 0.3) is 0 Å². The Labute approximate surface area is 138 Å². The Morgan fingerprint density at radius 2 is 1.55 bits per heavy atom. The smallest absolute Gasteiger partial charge is 0.138 e. The van der Waals surface area contributed by atoms with Gasteiger partial charge >= 0.3 is 0 Å². The van der Waals surface area contributed by atoms with Gasteiger partial charge in [0.15, 0.2) is 0 Å².